The maximum Gasteiger partial charge on any atom is 0.251 e. The van der Waals surface area contributed by atoms with Crippen LogP contribution in [0, 0.1) is 12.7 Å². The predicted octanol–water partition coefficient (Wildman–Crippen LogP) is 1.30. The van der Waals surface area contributed by atoms with E-state index in [1.807, 2.05) is 0 Å². The smallest absolute Gasteiger partial charge is 0.251 e. The van der Waals surface area contributed by atoms with Crippen LogP contribution in [0.3, 0.4) is 0 Å². The summed E-state index contributed by atoms with van der Waals surface area (Å²) >= 11 is 0. The number of halogens is 1. The third-order valence-corrected chi connectivity index (χ3v) is 2.98. The van der Waals surface area contributed by atoms with Crippen LogP contribution in [0.25, 0.3) is 0 Å². The Balaban J connectivity index is 2.20. The molecule has 0 spiro atoms. The first-order chi connectivity index (χ1) is 8.00. The molecule has 0 radical (unpaired) electrons. The number of carbonyl (C=O) groups is 2. The maximum atomic E-state index is 13.3. The molecule has 1 saturated heterocycles. The van der Waals surface area contributed by atoms with Crippen molar-refractivity contribution in [3.63, 3.8) is 0 Å². The van der Waals surface area contributed by atoms with Gasteiger partial charge < -0.3 is 5.32 Å². The van der Waals surface area contributed by atoms with Crippen molar-refractivity contribution in [2.75, 3.05) is 12.4 Å². The van der Waals surface area contributed by atoms with Gasteiger partial charge in [-0.25, -0.2) is 4.39 Å². The van der Waals surface area contributed by atoms with Crippen molar-refractivity contribution in [3.8, 4) is 0 Å². The van der Waals surface area contributed by atoms with Crippen LogP contribution in [0.4, 0.5) is 10.1 Å². The third-order valence-electron chi connectivity index (χ3n) is 2.98. The first-order valence-corrected chi connectivity index (χ1v) is 5.32. The number of likely N-dealkylation sites (tertiary alicyclic amines) is 1. The molecule has 5 heteroatoms. The second-order valence-electron chi connectivity index (χ2n) is 4.10. The van der Waals surface area contributed by atoms with Crippen LogP contribution in [-0.4, -0.2) is 29.8 Å². The molecular weight excluding hydrogens is 223 g/mol. The number of nitrogens with one attached hydrogen (secondary N) is 1. The Kier molecular flexibility index (Phi) is 2.83. The number of nitrogens with zero attached hydrogens (tertiary/aromatic N) is 1. The Morgan fingerprint density at radius 1 is 1.41 bits per heavy atom. The highest BCUT2D eigenvalue weighted by Crippen LogP contribution is 2.21. The first-order valence-electron chi connectivity index (χ1n) is 5.32. The lowest BCUT2D eigenvalue weighted by Gasteiger charge is -2.14. The Labute approximate surface area is 98.4 Å². The maximum absolute atomic E-state index is 13.3. The molecule has 1 aliphatic heterocycles. The van der Waals surface area contributed by atoms with Crippen molar-refractivity contribution in [1.29, 1.82) is 0 Å². The number of carbonyl (C=O) groups excluding carboxylic acids is 2. The molecule has 4 nitrogen and oxygen atoms in total. The SMILES string of the molecule is Cc1c(F)cccc1NC1CC(=O)N(C)C1=O. The van der Waals surface area contributed by atoms with Gasteiger partial charge in [0.15, 0.2) is 0 Å². The van der Waals surface area contributed by atoms with E-state index in [0.717, 1.165) is 4.90 Å². The molecule has 2 amide bonds. The number of hydrogen-bond acceptors (Lipinski definition) is 3. The van der Waals surface area contributed by atoms with E-state index in [1.54, 1.807) is 19.1 Å². The fourth-order valence-electron chi connectivity index (χ4n) is 1.82. The highest BCUT2D eigenvalue weighted by atomic mass is 19.1. The second-order valence-corrected chi connectivity index (χ2v) is 4.10. The fraction of sp³-hybridized carbons (Fsp3) is 0.333. The largest absolute Gasteiger partial charge is 0.373 e. The zero-order chi connectivity index (χ0) is 12.6. The van der Waals surface area contributed by atoms with Crippen molar-refractivity contribution >= 4 is 17.5 Å². The van der Waals surface area contributed by atoms with Crippen molar-refractivity contribution in [3.05, 3.63) is 29.6 Å². The Morgan fingerprint density at radius 3 is 2.71 bits per heavy atom. The summed E-state index contributed by atoms with van der Waals surface area (Å²) in [5.74, 6) is -0.833. The van der Waals surface area contributed by atoms with Crippen molar-refractivity contribution in [1.82, 2.24) is 4.90 Å². The fourth-order valence-corrected chi connectivity index (χ4v) is 1.82. The van der Waals surface area contributed by atoms with E-state index in [1.165, 1.54) is 13.1 Å². The molecule has 0 bridgehead atoms. The summed E-state index contributed by atoms with van der Waals surface area (Å²) in [5.41, 5.74) is 0.994. The average molecular weight is 236 g/mol. The molecule has 1 aromatic rings. The quantitative estimate of drug-likeness (QED) is 0.787. The number of imide groups is 1. The minimum absolute atomic E-state index is 0.116. The van der Waals surface area contributed by atoms with Gasteiger partial charge in [-0.1, -0.05) is 6.07 Å². The average Bonchev–Trinajstić information content (AvgIpc) is 2.53. The summed E-state index contributed by atoms with van der Waals surface area (Å²) in [7, 11) is 1.45. The third kappa shape index (κ3) is 2.00. The van der Waals surface area contributed by atoms with Crippen LogP contribution in [0.2, 0.25) is 0 Å². The Hall–Kier alpha value is -1.91. The molecule has 17 heavy (non-hydrogen) atoms. The van der Waals surface area contributed by atoms with E-state index in [-0.39, 0.29) is 24.1 Å². The summed E-state index contributed by atoms with van der Waals surface area (Å²) in [6.07, 6.45) is 0.116. The van der Waals surface area contributed by atoms with Gasteiger partial charge in [0, 0.05) is 18.3 Å². The van der Waals surface area contributed by atoms with Gasteiger partial charge >= 0.3 is 0 Å². The molecule has 1 unspecified atom stereocenters. The van der Waals surface area contributed by atoms with Gasteiger partial charge in [0.05, 0.1) is 6.42 Å². The van der Waals surface area contributed by atoms with Crippen LogP contribution in [0.5, 0.6) is 0 Å². The van der Waals surface area contributed by atoms with E-state index >= 15 is 0 Å². The lowest BCUT2D eigenvalue weighted by atomic mass is 10.1. The van der Waals surface area contributed by atoms with Crippen LogP contribution in [-0.2, 0) is 9.59 Å². The van der Waals surface area contributed by atoms with Crippen molar-refractivity contribution < 1.29 is 14.0 Å². The van der Waals surface area contributed by atoms with Gasteiger partial charge in [0.2, 0.25) is 5.91 Å². The number of hydrogen-bond donors (Lipinski definition) is 1. The van der Waals surface area contributed by atoms with Gasteiger partial charge in [-0.15, -0.1) is 0 Å². The summed E-state index contributed by atoms with van der Waals surface area (Å²) in [6, 6.07) is 4.02. The van der Waals surface area contributed by atoms with Gasteiger partial charge in [0.25, 0.3) is 5.91 Å². The predicted molar refractivity (Wildman–Crippen MR) is 60.9 cm³/mol. The molecule has 1 atom stereocenters. The number of rotatable bonds is 2. The monoisotopic (exact) mass is 236 g/mol. The van der Waals surface area contributed by atoms with Gasteiger partial charge in [0.1, 0.15) is 11.9 Å². The van der Waals surface area contributed by atoms with Crippen LogP contribution in [0.15, 0.2) is 18.2 Å². The molecular formula is C12H13FN2O2. The van der Waals surface area contributed by atoms with E-state index in [4.69, 9.17) is 0 Å². The van der Waals surface area contributed by atoms with Crippen LogP contribution in [0.1, 0.15) is 12.0 Å². The number of amides is 2. The molecule has 1 fully saturated rings. The summed E-state index contributed by atoms with van der Waals surface area (Å²) < 4.78 is 13.3. The molecule has 2 rings (SSSR count). The van der Waals surface area contributed by atoms with E-state index in [9.17, 15) is 14.0 Å². The minimum atomic E-state index is -0.590. The number of benzene rings is 1. The van der Waals surface area contributed by atoms with Gasteiger partial charge in [-0.3, -0.25) is 14.5 Å². The Morgan fingerprint density at radius 2 is 2.12 bits per heavy atom. The van der Waals surface area contributed by atoms with Gasteiger partial charge in [-0.2, -0.15) is 0 Å². The number of likely N-dealkylation sites (N-methyl/N-ethyl adjacent to an activating group) is 1. The summed E-state index contributed by atoms with van der Waals surface area (Å²) in [5, 5.41) is 2.91. The lowest BCUT2D eigenvalue weighted by molar-refractivity contribution is -0.136. The van der Waals surface area contributed by atoms with Crippen LogP contribution < -0.4 is 5.32 Å². The first kappa shape index (κ1) is 11.6. The summed E-state index contributed by atoms with van der Waals surface area (Å²) in [4.78, 5) is 24.1. The molecule has 1 aliphatic rings. The standard InChI is InChI=1S/C12H13FN2O2/c1-7-8(13)4-3-5-9(7)14-10-6-11(16)15(2)12(10)17/h3-5,10,14H,6H2,1-2H3. The zero-order valence-electron chi connectivity index (χ0n) is 9.66. The minimum Gasteiger partial charge on any atom is -0.373 e. The molecule has 0 aromatic heterocycles. The molecule has 90 valence electrons. The molecule has 0 saturated carbocycles. The lowest BCUT2D eigenvalue weighted by Crippen LogP contribution is -2.32. The summed E-state index contributed by atoms with van der Waals surface area (Å²) in [6.45, 7) is 1.63. The van der Waals surface area contributed by atoms with Crippen molar-refractivity contribution in [2.24, 2.45) is 0 Å². The van der Waals surface area contributed by atoms with E-state index in [0.29, 0.717) is 11.3 Å². The zero-order valence-corrected chi connectivity index (χ0v) is 9.66. The molecule has 1 N–H and O–H groups in total. The Bertz CT molecular complexity index is 487. The highest BCUT2D eigenvalue weighted by molar-refractivity contribution is 6.06. The van der Waals surface area contributed by atoms with Gasteiger partial charge in [-0.05, 0) is 19.1 Å². The normalized spacial score (nSPS) is 19.9. The topological polar surface area (TPSA) is 49.4 Å². The second kappa shape index (κ2) is 4.16. The van der Waals surface area contributed by atoms with E-state index in [2.05, 4.69) is 5.32 Å². The molecule has 0 aliphatic carbocycles. The van der Waals surface area contributed by atoms with Crippen LogP contribution >= 0.6 is 0 Å². The highest BCUT2D eigenvalue weighted by Gasteiger charge is 2.36. The van der Waals surface area contributed by atoms with E-state index < -0.39 is 6.04 Å². The van der Waals surface area contributed by atoms with Crippen molar-refractivity contribution in [2.45, 2.75) is 19.4 Å². The molecule has 1 aromatic carbocycles. The molecule has 1 heterocycles. The number of anilines is 1.